The standard InChI is InChI=1S/C6H13NO2.C2H6/c1-2-3-5(4-7)6(8)9;1-2/h5H,2-4,7H2,1H3,(H,8,9);1-2H3. The van der Waals surface area contributed by atoms with Gasteiger partial charge in [-0.3, -0.25) is 4.79 Å². The number of aliphatic carboxylic acids is 1. The van der Waals surface area contributed by atoms with E-state index in [1.54, 1.807) is 0 Å². The maximum Gasteiger partial charge on any atom is 0.307 e. The normalized spacial score (nSPS) is 11.3. The average Bonchev–Trinajstić information content (AvgIpc) is 2.03. The molecule has 0 bridgehead atoms. The Kier molecular flexibility index (Phi) is 11.2. The van der Waals surface area contributed by atoms with Gasteiger partial charge in [-0.25, -0.2) is 0 Å². The number of rotatable bonds is 4. The minimum absolute atomic E-state index is 0.253. The maximum atomic E-state index is 10.2. The molecule has 1 atom stereocenters. The molecule has 3 N–H and O–H groups in total. The van der Waals surface area contributed by atoms with Crippen LogP contribution in [0.5, 0.6) is 0 Å². The Morgan fingerprint density at radius 2 is 2.00 bits per heavy atom. The number of hydrogen-bond donors (Lipinski definition) is 2. The lowest BCUT2D eigenvalue weighted by Gasteiger charge is -2.05. The van der Waals surface area contributed by atoms with Crippen LogP contribution in [0, 0.1) is 5.92 Å². The molecule has 0 rings (SSSR count). The van der Waals surface area contributed by atoms with Crippen LogP contribution in [0.25, 0.3) is 0 Å². The van der Waals surface area contributed by atoms with Gasteiger partial charge in [0.25, 0.3) is 0 Å². The molecule has 0 spiro atoms. The molecule has 3 heteroatoms. The van der Waals surface area contributed by atoms with E-state index in [2.05, 4.69) is 0 Å². The first-order valence-corrected chi connectivity index (χ1v) is 4.15. The van der Waals surface area contributed by atoms with Crippen LogP contribution in [0.1, 0.15) is 33.6 Å². The number of carboxylic acids is 1. The van der Waals surface area contributed by atoms with Gasteiger partial charge in [0, 0.05) is 6.54 Å². The molecule has 68 valence electrons. The zero-order valence-corrected chi connectivity index (χ0v) is 7.63. The lowest BCUT2D eigenvalue weighted by molar-refractivity contribution is -0.141. The van der Waals surface area contributed by atoms with E-state index in [-0.39, 0.29) is 12.5 Å². The van der Waals surface area contributed by atoms with Gasteiger partial charge in [0.15, 0.2) is 0 Å². The Morgan fingerprint density at radius 1 is 1.55 bits per heavy atom. The van der Waals surface area contributed by atoms with Crippen LogP contribution in [0.2, 0.25) is 0 Å². The molecule has 0 aliphatic heterocycles. The fraction of sp³-hybridized carbons (Fsp3) is 0.875. The van der Waals surface area contributed by atoms with E-state index in [4.69, 9.17) is 10.8 Å². The minimum Gasteiger partial charge on any atom is -0.481 e. The van der Waals surface area contributed by atoms with E-state index in [1.165, 1.54) is 0 Å². The van der Waals surface area contributed by atoms with Crippen LogP contribution in [0.4, 0.5) is 0 Å². The summed E-state index contributed by atoms with van der Waals surface area (Å²) in [7, 11) is 0. The molecule has 0 aromatic rings. The smallest absolute Gasteiger partial charge is 0.307 e. The number of carbonyl (C=O) groups is 1. The van der Waals surface area contributed by atoms with Crippen molar-refractivity contribution < 1.29 is 9.90 Å². The summed E-state index contributed by atoms with van der Waals surface area (Å²) < 4.78 is 0. The van der Waals surface area contributed by atoms with Crippen molar-refractivity contribution in [2.24, 2.45) is 11.7 Å². The van der Waals surface area contributed by atoms with Crippen LogP contribution in [0.15, 0.2) is 0 Å². The molecule has 0 saturated heterocycles. The van der Waals surface area contributed by atoms with Crippen LogP contribution < -0.4 is 5.73 Å². The number of nitrogens with two attached hydrogens (primary N) is 1. The summed E-state index contributed by atoms with van der Waals surface area (Å²) in [5.41, 5.74) is 5.18. The van der Waals surface area contributed by atoms with Crippen molar-refractivity contribution >= 4 is 5.97 Å². The number of hydrogen-bond acceptors (Lipinski definition) is 2. The van der Waals surface area contributed by atoms with Gasteiger partial charge in [-0.2, -0.15) is 0 Å². The Morgan fingerprint density at radius 3 is 2.09 bits per heavy atom. The molecular formula is C8H19NO2. The highest BCUT2D eigenvalue weighted by atomic mass is 16.4. The lowest BCUT2D eigenvalue weighted by atomic mass is 10.1. The predicted molar refractivity (Wildman–Crippen MR) is 46.4 cm³/mol. The summed E-state index contributed by atoms with van der Waals surface area (Å²) in [4.78, 5) is 10.2. The second-order valence-corrected chi connectivity index (χ2v) is 2.06. The number of carboxylic acid groups (broad SMARTS) is 1. The summed E-state index contributed by atoms with van der Waals surface area (Å²) in [6.45, 7) is 6.20. The summed E-state index contributed by atoms with van der Waals surface area (Å²) in [5, 5.41) is 8.42. The first-order valence-electron chi connectivity index (χ1n) is 4.15. The molecule has 3 nitrogen and oxygen atoms in total. The Hall–Kier alpha value is -0.570. The second kappa shape index (κ2) is 9.43. The highest BCUT2D eigenvalue weighted by Gasteiger charge is 2.12. The van der Waals surface area contributed by atoms with E-state index in [9.17, 15) is 4.79 Å². The third kappa shape index (κ3) is 7.33. The monoisotopic (exact) mass is 161 g/mol. The van der Waals surface area contributed by atoms with Crippen molar-refractivity contribution in [2.75, 3.05) is 6.54 Å². The van der Waals surface area contributed by atoms with E-state index >= 15 is 0 Å². The van der Waals surface area contributed by atoms with E-state index < -0.39 is 5.97 Å². The van der Waals surface area contributed by atoms with Gasteiger partial charge in [-0.15, -0.1) is 0 Å². The molecule has 0 aromatic carbocycles. The maximum absolute atomic E-state index is 10.2. The summed E-state index contributed by atoms with van der Waals surface area (Å²) in [6, 6.07) is 0. The van der Waals surface area contributed by atoms with Gasteiger partial charge >= 0.3 is 5.97 Å². The average molecular weight is 161 g/mol. The SMILES string of the molecule is CC.CCCC(CN)C(=O)O. The van der Waals surface area contributed by atoms with Crippen molar-refractivity contribution in [1.29, 1.82) is 0 Å². The van der Waals surface area contributed by atoms with Gasteiger partial charge in [-0.05, 0) is 6.42 Å². The van der Waals surface area contributed by atoms with Crippen molar-refractivity contribution in [3.8, 4) is 0 Å². The van der Waals surface area contributed by atoms with Crippen molar-refractivity contribution in [3.63, 3.8) is 0 Å². The zero-order chi connectivity index (χ0) is 9.28. The molecule has 0 aliphatic carbocycles. The van der Waals surface area contributed by atoms with Crippen molar-refractivity contribution in [1.82, 2.24) is 0 Å². The topological polar surface area (TPSA) is 63.3 Å². The van der Waals surface area contributed by atoms with Gasteiger partial charge in [0.2, 0.25) is 0 Å². The molecule has 11 heavy (non-hydrogen) atoms. The minimum atomic E-state index is -0.778. The molecule has 0 aliphatic rings. The first-order chi connectivity index (χ1) is 5.22. The summed E-state index contributed by atoms with van der Waals surface area (Å²) in [6.07, 6.45) is 1.57. The Bertz CT molecular complexity index is 94.1. The summed E-state index contributed by atoms with van der Waals surface area (Å²) in [5.74, 6) is -1.12. The highest BCUT2D eigenvalue weighted by Crippen LogP contribution is 2.03. The third-order valence-electron chi connectivity index (χ3n) is 1.27. The zero-order valence-electron chi connectivity index (χ0n) is 7.63. The van der Waals surface area contributed by atoms with Crippen molar-refractivity contribution in [3.05, 3.63) is 0 Å². The van der Waals surface area contributed by atoms with Crippen LogP contribution >= 0.6 is 0 Å². The molecule has 0 aromatic heterocycles. The van der Waals surface area contributed by atoms with Crippen LogP contribution in [-0.2, 0) is 4.79 Å². The van der Waals surface area contributed by atoms with E-state index in [0.29, 0.717) is 6.42 Å². The van der Waals surface area contributed by atoms with E-state index in [1.807, 2.05) is 20.8 Å². The molecule has 0 amide bonds. The van der Waals surface area contributed by atoms with Gasteiger partial charge in [0.1, 0.15) is 0 Å². The van der Waals surface area contributed by atoms with Gasteiger partial charge in [-0.1, -0.05) is 27.2 Å². The van der Waals surface area contributed by atoms with Gasteiger partial charge in [0.05, 0.1) is 5.92 Å². The van der Waals surface area contributed by atoms with Gasteiger partial charge < -0.3 is 10.8 Å². The highest BCUT2D eigenvalue weighted by molar-refractivity contribution is 5.70. The molecule has 1 unspecified atom stereocenters. The third-order valence-corrected chi connectivity index (χ3v) is 1.27. The molecular weight excluding hydrogens is 142 g/mol. The van der Waals surface area contributed by atoms with E-state index in [0.717, 1.165) is 6.42 Å². The lowest BCUT2D eigenvalue weighted by Crippen LogP contribution is -2.22. The molecule has 0 saturated carbocycles. The second-order valence-electron chi connectivity index (χ2n) is 2.06. The van der Waals surface area contributed by atoms with Crippen LogP contribution in [0.3, 0.4) is 0 Å². The fourth-order valence-corrected chi connectivity index (χ4v) is 0.691. The Balaban J connectivity index is 0. The first kappa shape index (κ1) is 13.1. The quantitative estimate of drug-likeness (QED) is 0.656. The molecule has 0 fully saturated rings. The van der Waals surface area contributed by atoms with Crippen LogP contribution in [-0.4, -0.2) is 17.6 Å². The fourth-order valence-electron chi connectivity index (χ4n) is 0.691. The largest absolute Gasteiger partial charge is 0.481 e. The predicted octanol–water partition coefficient (Wildman–Crippen LogP) is 1.47. The molecule has 0 radical (unpaired) electrons. The van der Waals surface area contributed by atoms with Crippen molar-refractivity contribution in [2.45, 2.75) is 33.6 Å². The Labute approximate surface area is 68.6 Å². The summed E-state index contributed by atoms with van der Waals surface area (Å²) >= 11 is 0. The molecule has 0 heterocycles.